The molecule has 3 rings (SSSR count). The summed E-state index contributed by atoms with van der Waals surface area (Å²) in [5, 5.41) is -0.0246. The summed E-state index contributed by atoms with van der Waals surface area (Å²) in [4.78, 5) is 12.0. The predicted molar refractivity (Wildman–Crippen MR) is 70.1 cm³/mol. The minimum absolute atomic E-state index is 0.0246. The molecule has 0 N–H and O–H groups in total. The van der Waals surface area contributed by atoms with Gasteiger partial charge in [-0.05, 0) is 24.3 Å². The second kappa shape index (κ2) is 4.87. The number of Topliss-reactive ketones (excluding diaryl/α,β-unsaturated/α-hetero) is 1. The van der Waals surface area contributed by atoms with Crippen molar-refractivity contribution in [1.82, 2.24) is 0 Å². The van der Waals surface area contributed by atoms with Gasteiger partial charge in [-0.2, -0.15) is 0 Å². The first-order valence-corrected chi connectivity index (χ1v) is 6.37. The van der Waals surface area contributed by atoms with Crippen LogP contribution in [0.2, 0.25) is 5.02 Å². The highest BCUT2D eigenvalue weighted by molar-refractivity contribution is 6.30. The number of ether oxygens (including phenoxy) is 1. The van der Waals surface area contributed by atoms with Crippen LogP contribution in [0.4, 0.5) is 8.78 Å². The molecule has 5 heteroatoms. The number of carbonyl (C=O) groups is 1. The van der Waals surface area contributed by atoms with Gasteiger partial charge >= 0.3 is 0 Å². The highest BCUT2D eigenvalue weighted by Gasteiger charge is 2.30. The Kier molecular flexibility index (Phi) is 3.18. The number of carbonyl (C=O) groups excluding carboxylic acids is 1. The quantitative estimate of drug-likeness (QED) is 0.783. The maximum Gasteiger partial charge on any atom is 0.170 e. The molecule has 0 bridgehead atoms. The van der Waals surface area contributed by atoms with Crippen LogP contribution in [0.25, 0.3) is 0 Å². The van der Waals surface area contributed by atoms with Gasteiger partial charge in [-0.3, -0.25) is 4.79 Å². The Hall–Kier alpha value is -1.94. The van der Waals surface area contributed by atoms with Gasteiger partial charge in [0.2, 0.25) is 0 Å². The molecule has 2 aromatic rings. The lowest BCUT2D eigenvalue weighted by atomic mass is 9.96. The fourth-order valence-electron chi connectivity index (χ4n) is 2.24. The molecule has 2 aromatic carbocycles. The highest BCUT2D eigenvalue weighted by Crippen LogP contribution is 2.37. The third-order valence-electron chi connectivity index (χ3n) is 3.21. The predicted octanol–water partition coefficient (Wildman–Crippen LogP) is 4.32. The van der Waals surface area contributed by atoms with Gasteiger partial charge in [0.1, 0.15) is 23.5 Å². The zero-order valence-corrected chi connectivity index (χ0v) is 11.0. The second-order valence-corrected chi connectivity index (χ2v) is 4.92. The van der Waals surface area contributed by atoms with Gasteiger partial charge in [0.05, 0.1) is 17.0 Å². The first-order chi connectivity index (χ1) is 9.56. The Morgan fingerprint density at radius 1 is 1.20 bits per heavy atom. The van der Waals surface area contributed by atoms with Crippen molar-refractivity contribution in [2.75, 3.05) is 0 Å². The van der Waals surface area contributed by atoms with E-state index in [1.165, 1.54) is 24.3 Å². The van der Waals surface area contributed by atoms with Gasteiger partial charge in [-0.1, -0.05) is 23.7 Å². The molecule has 1 heterocycles. The van der Waals surface area contributed by atoms with Crippen molar-refractivity contribution in [2.45, 2.75) is 12.5 Å². The number of rotatable bonds is 1. The topological polar surface area (TPSA) is 26.3 Å². The Bertz CT molecular complexity index is 700. The summed E-state index contributed by atoms with van der Waals surface area (Å²) in [5.74, 6) is -1.13. The molecule has 0 radical (unpaired) electrons. The molecule has 0 aliphatic carbocycles. The van der Waals surface area contributed by atoms with Crippen molar-refractivity contribution >= 4 is 17.4 Å². The average Bonchev–Trinajstić information content (AvgIpc) is 2.42. The van der Waals surface area contributed by atoms with Crippen LogP contribution in [-0.2, 0) is 0 Å². The number of fused-ring (bicyclic) bond motifs is 1. The van der Waals surface area contributed by atoms with Crippen LogP contribution >= 0.6 is 11.6 Å². The molecule has 102 valence electrons. The van der Waals surface area contributed by atoms with Crippen LogP contribution in [0.15, 0.2) is 36.4 Å². The highest BCUT2D eigenvalue weighted by atomic mass is 35.5. The first kappa shape index (κ1) is 13.1. The smallest absolute Gasteiger partial charge is 0.170 e. The lowest BCUT2D eigenvalue weighted by molar-refractivity contribution is 0.0845. The summed E-state index contributed by atoms with van der Waals surface area (Å²) in [7, 11) is 0. The van der Waals surface area contributed by atoms with Crippen molar-refractivity contribution in [2.24, 2.45) is 0 Å². The van der Waals surface area contributed by atoms with Crippen molar-refractivity contribution in [1.29, 1.82) is 0 Å². The maximum absolute atomic E-state index is 14.0. The number of hydrogen-bond donors (Lipinski definition) is 0. The van der Waals surface area contributed by atoms with E-state index in [-0.39, 0.29) is 34.1 Å². The number of hydrogen-bond acceptors (Lipinski definition) is 2. The molecule has 1 aliphatic rings. The van der Waals surface area contributed by atoms with Gasteiger partial charge in [0.25, 0.3) is 0 Å². The standard InChI is InChI=1S/C15H9ClF2O2/c16-11-3-1-2-9(15(11)18)14-7-12(19)10-6-8(17)4-5-13(10)20-14/h1-6,14H,7H2. The fraction of sp³-hybridized carbons (Fsp3) is 0.133. The summed E-state index contributed by atoms with van der Waals surface area (Å²) in [6.07, 6.45) is -0.799. The average molecular weight is 295 g/mol. The van der Waals surface area contributed by atoms with E-state index in [4.69, 9.17) is 16.3 Å². The molecule has 0 saturated carbocycles. The van der Waals surface area contributed by atoms with E-state index >= 15 is 0 Å². The van der Waals surface area contributed by atoms with Crippen LogP contribution in [0, 0.1) is 11.6 Å². The molecule has 1 unspecified atom stereocenters. The molecule has 0 saturated heterocycles. The summed E-state index contributed by atoms with van der Waals surface area (Å²) in [6, 6.07) is 8.24. The molecule has 20 heavy (non-hydrogen) atoms. The lowest BCUT2D eigenvalue weighted by Crippen LogP contribution is -2.21. The first-order valence-electron chi connectivity index (χ1n) is 5.99. The van der Waals surface area contributed by atoms with Gasteiger partial charge in [-0.25, -0.2) is 8.78 Å². The molecule has 0 spiro atoms. The molecule has 0 amide bonds. The largest absolute Gasteiger partial charge is 0.484 e. The Balaban J connectivity index is 2.01. The van der Waals surface area contributed by atoms with Crippen molar-refractivity contribution in [3.63, 3.8) is 0 Å². The van der Waals surface area contributed by atoms with Crippen molar-refractivity contribution < 1.29 is 18.3 Å². The second-order valence-electron chi connectivity index (χ2n) is 4.52. The molecule has 0 fully saturated rings. The monoisotopic (exact) mass is 294 g/mol. The minimum Gasteiger partial charge on any atom is -0.484 e. The normalized spacial score (nSPS) is 17.6. The van der Waals surface area contributed by atoms with Gasteiger partial charge in [-0.15, -0.1) is 0 Å². The third kappa shape index (κ3) is 2.16. The SMILES string of the molecule is O=C1CC(c2cccc(Cl)c2F)Oc2ccc(F)cc21. The van der Waals surface area contributed by atoms with E-state index in [9.17, 15) is 13.6 Å². The zero-order chi connectivity index (χ0) is 14.3. The van der Waals surface area contributed by atoms with E-state index in [2.05, 4.69) is 0 Å². The Morgan fingerprint density at radius 2 is 2.00 bits per heavy atom. The number of ketones is 1. The molecule has 1 aliphatic heterocycles. The third-order valence-corrected chi connectivity index (χ3v) is 3.50. The van der Waals surface area contributed by atoms with E-state index in [0.717, 1.165) is 6.07 Å². The van der Waals surface area contributed by atoms with Gasteiger partial charge < -0.3 is 4.74 Å². The van der Waals surface area contributed by atoms with Gasteiger partial charge in [0, 0.05) is 5.56 Å². The van der Waals surface area contributed by atoms with Crippen molar-refractivity contribution in [3.05, 3.63) is 64.2 Å². The van der Waals surface area contributed by atoms with Crippen LogP contribution < -0.4 is 4.74 Å². The molecular formula is C15H9ClF2O2. The number of benzene rings is 2. The van der Waals surface area contributed by atoms with Crippen LogP contribution in [0.1, 0.15) is 28.4 Å². The lowest BCUT2D eigenvalue weighted by Gasteiger charge is -2.25. The Morgan fingerprint density at radius 3 is 2.80 bits per heavy atom. The van der Waals surface area contributed by atoms with E-state index in [0.29, 0.717) is 0 Å². The summed E-state index contributed by atoms with van der Waals surface area (Å²) in [6.45, 7) is 0. The summed E-state index contributed by atoms with van der Waals surface area (Å²) >= 11 is 5.73. The minimum atomic E-state index is -0.751. The maximum atomic E-state index is 14.0. The van der Waals surface area contributed by atoms with Crippen LogP contribution in [-0.4, -0.2) is 5.78 Å². The molecular weight excluding hydrogens is 286 g/mol. The Labute approximate surface area is 118 Å². The molecule has 1 atom stereocenters. The van der Waals surface area contributed by atoms with Crippen LogP contribution in [0.3, 0.4) is 0 Å². The van der Waals surface area contributed by atoms with Crippen LogP contribution in [0.5, 0.6) is 5.75 Å². The number of halogens is 3. The van der Waals surface area contributed by atoms with E-state index in [1.54, 1.807) is 6.07 Å². The van der Waals surface area contributed by atoms with Crippen molar-refractivity contribution in [3.8, 4) is 5.75 Å². The summed E-state index contributed by atoms with van der Waals surface area (Å²) < 4.78 is 32.7. The molecule has 0 aromatic heterocycles. The summed E-state index contributed by atoms with van der Waals surface area (Å²) in [5.41, 5.74) is 0.407. The fourth-order valence-corrected chi connectivity index (χ4v) is 2.42. The molecule has 2 nitrogen and oxygen atoms in total. The van der Waals surface area contributed by atoms with Gasteiger partial charge in [0.15, 0.2) is 5.78 Å². The van der Waals surface area contributed by atoms with E-state index in [1.807, 2.05) is 0 Å². The zero-order valence-electron chi connectivity index (χ0n) is 10.2. The van der Waals surface area contributed by atoms with E-state index < -0.39 is 17.7 Å².